The van der Waals surface area contributed by atoms with Gasteiger partial charge in [0.25, 0.3) is 5.91 Å². The number of rotatable bonds is 7. The topological polar surface area (TPSA) is 61.9 Å². The third-order valence-corrected chi connectivity index (χ3v) is 5.87. The number of carbonyl (C=O) groups is 2. The predicted octanol–water partition coefficient (Wildman–Crippen LogP) is 2.80. The third-order valence-electron chi connectivity index (χ3n) is 5.58. The summed E-state index contributed by atoms with van der Waals surface area (Å²) < 4.78 is 6.05. The van der Waals surface area contributed by atoms with Crippen LogP contribution >= 0.6 is 11.6 Å². The van der Waals surface area contributed by atoms with Crippen LogP contribution in [-0.2, 0) is 4.79 Å². The molecule has 154 valence electrons. The molecule has 1 N–H and O–H groups in total. The average molecular weight is 408 g/mol. The molecule has 2 fully saturated rings. The maximum atomic E-state index is 12.4. The molecular formula is C21H30ClN3O3. The number of hydrogen-bond donors (Lipinski definition) is 1. The summed E-state index contributed by atoms with van der Waals surface area (Å²) in [5, 5.41) is 3.31. The van der Waals surface area contributed by atoms with Crippen LogP contribution in [0.3, 0.4) is 0 Å². The smallest absolute Gasteiger partial charge is 0.251 e. The lowest BCUT2D eigenvalue weighted by Crippen LogP contribution is -2.44. The molecule has 7 heteroatoms. The summed E-state index contributed by atoms with van der Waals surface area (Å²) in [7, 11) is 3.92. The number of carbonyl (C=O) groups excluding carboxylic acids is 2. The molecule has 0 bridgehead atoms. The first kappa shape index (κ1) is 20.9. The number of piperidine rings is 1. The molecule has 0 radical (unpaired) electrons. The fourth-order valence-corrected chi connectivity index (χ4v) is 3.60. The normalized spacial score (nSPS) is 18.8. The van der Waals surface area contributed by atoms with Crippen molar-refractivity contribution in [2.45, 2.75) is 38.7 Å². The molecule has 3 rings (SSSR count). The van der Waals surface area contributed by atoms with E-state index in [2.05, 4.69) is 12.2 Å². The zero-order chi connectivity index (χ0) is 20.3. The van der Waals surface area contributed by atoms with Crippen LogP contribution < -0.4 is 10.1 Å². The molecule has 28 heavy (non-hydrogen) atoms. The molecule has 1 saturated heterocycles. The first-order valence-electron chi connectivity index (χ1n) is 9.97. The van der Waals surface area contributed by atoms with Crippen LogP contribution in [0, 0.1) is 5.41 Å². The molecular weight excluding hydrogens is 378 g/mol. The molecule has 1 heterocycles. The number of amides is 2. The van der Waals surface area contributed by atoms with Gasteiger partial charge in [-0.05, 0) is 45.1 Å². The van der Waals surface area contributed by atoms with E-state index in [1.165, 1.54) is 0 Å². The summed E-state index contributed by atoms with van der Waals surface area (Å²) in [6.07, 6.45) is 3.64. The molecule has 1 saturated carbocycles. The molecule has 0 unspecified atom stereocenters. The number of nitrogens with one attached hydrogen (secondary N) is 1. The molecule has 0 aromatic heterocycles. The van der Waals surface area contributed by atoms with Crippen LogP contribution in [0.25, 0.3) is 0 Å². The Hall–Kier alpha value is -1.79. The number of halogens is 1. The summed E-state index contributed by atoms with van der Waals surface area (Å²) >= 11 is 6.35. The molecule has 1 aliphatic carbocycles. The molecule has 1 aromatic rings. The lowest BCUT2D eigenvalue weighted by atomic mass is 10.0. The van der Waals surface area contributed by atoms with Crippen LogP contribution in [-0.4, -0.2) is 68.0 Å². The second-order valence-electron chi connectivity index (χ2n) is 8.37. The van der Waals surface area contributed by atoms with E-state index in [1.54, 1.807) is 18.2 Å². The average Bonchev–Trinajstić information content (AvgIpc) is 3.41. The van der Waals surface area contributed by atoms with E-state index in [9.17, 15) is 9.59 Å². The van der Waals surface area contributed by atoms with E-state index < -0.39 is 0 Å². The largest absolute Gasteiger partial charge is 0.489 e. The van der Waals surface area contributed by atoms with Gasteiger partial charge in [0.05, 0.1) is 5.02 Å². The Bertz CT molecular complexity index is 726. The minimum Gasteiger partial charge on any atom is -0.489 e. The minimum absolute atomic E-state index is 0.0355. The monoisotopic (exact) mass is 407 g/mol. The molecule has 6 nitrogen and oxygen atoms in total. The SMILES string of the molecule is CN(C)CCNC(=O)c1ccc(OC2CCN(C(=O)C3(C)CC3)CC2)c(Cl)c1. The fraction of sp³-hybridized carbons (Fsp3) is 0.619. The van der Waals surface area contributed by atoms with Crippen molar-refractivity contribution < 1.29 is 14.3 Å². The number of likely N-dealkylation sites (N-methyl/N-ethyl adjacent to an activating group) is 1. The van der Waals surface area contributed by atoms with Gasteiger partial charge in [0.2, 0.25) is 5.91 Å². The Morgan fingerprint density at radius 3 is 2.54 bits per heavy atom. The van der Waals surface area contributed by atoms with Gasteiger partial charge in [-0.1, -0.05) is 18.5 Å². The van der Waals surface area contributed by atoms with Crippen molar-refractivity contribution >= 4 is 23.4 Å². The number of nitrogens with zero attached hydrogens (tertiary/aromatic N) is 2. The van der Waals surface area contributed by atoms with E-state index in [0.717, 1.165) is 45.3 Å². The molecule has 0 atom stereocenters. The number of likely N-dealkylation sites (tertiary alicyclic amines) is 1. The van der Waals surface area contributed by atoms with Gasteiger partial charge in [-0.15, -0.1) is 0 Å². The van der Waals surface area contributed by atoms with E-state index in [-0.39, 0.29) is 23.3 Å². The lowest BCUT2D eigenvalue weighted by molar-refractivity contribution is -0.138. The van der Waals surface area contributed by atoms with Crippen LogP contribution in [0.1, 0.15) is 43.0 Å². The second kappa shape index (κ2) is 8.70. The van der Waals surface area contributed by atoms with E-state index in [4.69, 9.17) is 16.3 Å². The molecule has 1 aliphatic heterocycles. The molecule has 1 aromatic carbocycles. The first-order valence-corrected chi connectivity index (χ1v) is 10.3. The van der Waals surface area contributed by atoms with Gasteiger partial charge < -0.3 is 19.9 Å². The van der Waals surface area contributed by atoms with Crippen molar-refractivity contribution in [2.24, 2.45) is 5.41 Å². The minimum atomic E-state index is -0.143. The van der Waals surface area contributed by atoms with Gasteiger partial charge in [0.15, 0.2) is 0 Å². The van der Waals surface area contributed by atoms with Crippen LogP contribution in [0.15, 0.2) is 18.2 Å². The van der Waals surface area contributed by atoms with Crippen molar-refractivity contribution in [1.82, 2.24) is 15.1 Å². The Balaban J connectivity index is 1.50. The summed E-state index contributed by atoms with van der Waals surface area (Å²) in [4.78, 5) is 28.6. The van der Waals surface area contributed by atoms with Crippen molar-refractivity contribution in [2.75, 3.05) is 40.3 Å². The van der Waals surface area contributed by atoms with Crippen molar-refractivity contribution in [3.8, 4) is 5.75 Å². The quantitative estimate of drug-likeness (QED) is 0.755. The summed E-state index contributed by atoms with van der Waals surface area (Å²) in [6.45, 7) is 4.86. The Kier molecular flexibility index (Phi) is 6.50. The van der Waals surface area contributed by atoms with Gasteiger partial charge in [-0.25, -0.2) is 0 Å². The first-order chi connectivity index (χ1) is 13.3. The van der Waals surface area contributed by atoms with Crippen molar-refractivity contribution in [3.05, 3.63) is 28.8 Å². The predicted molar refractivity (Wildman–Crippen MR) is 110 cm³/mol. The standard InChI is InChI=1S/C21H30ClN3O3/c1-21(8-9-21)20(27)25-11-6-16(7-12-25)28-18-5-4-15(14-17(18)22)19(26)23-10-13-24(2)3/h4-5,14,16H,6-13H2,1-3H3,(H,23,26). The Morgan fingerprint density at radius 2 is 1.96 bits per heavy atom. The highest BCUT2D eigenvalue weighted by Crippen LogP contribution is 2.46. The van der Waals surface area contributed by atoms with Crippen LogP contribution in [0.5, 0.6) is 5.75 Å². The molecule has 2 aliphatic rings. The van der Waals surface area contributed by atoms with Gasteiger partial charge in [0.1, 0.15) is 11.9 Å². The maximum absolute atomic E-state index is 12.4. The Labute approximate surface area is 172 Å². The highest BCUT2D eigenvalue weighted by atomic mass is 35.5. The highest BCUT2D eigenvalue weighted by molar-refractivity contribution is 6.32. The van der Waals surface area contributed by atoms with Gasteiger partial charge in [-0.2, -0.15) is 0 Å². The lowest BCUT2D eigenvalue weighted by Gasteiger charge is -2.34. The zero-order valence-electron chi connectivity index (χ0n) is 17.0. The second-order valence-corrected chi connectivity index (χ2v) is 8.78. The van der Waals surface area contributed by atoms with E-state index in [1.807, 2.05) is 23.9 Å². The number of hydrogen-bond acceptors (Lipinski definition) is 4. The molecule has 0 spiro atoms. The van der Waals surface area contributed by atoms with Crippen LogP contribution in [0.2, 0.25) is 5.02 Å². The highest BCUT2D eigenvalue weighted by Gasteiger charge is 2.47. The zero-order valence-corrected chi connectivity index (χ0v) is 17.7. The van der Waals surface area contributed by atoms with Crippen LogP contribution in [0.4, 0.5) is 0 Å². The van der Waals surface area contributed by atoms with Gasteiger partial charge >= 0.3 is 0 Å². The molecule has 2 amide bonds. The third kappa shape index (κ3) is 5.17. The summed E-state index contributed by atoms with van der Waals surface area (Å²) in [6, 6.07) is 5.14. The maximum Gasteiger partial charge on any atom is 0.251 e. The fourth-order valence-electron chi connectivity index (χ4n) is 3.37. The number of ether oxygens (including phenoxy) is 1. The van der Waals surface area contributed by atoms with Crippen molar-refractivity contribution in [3.63, 3.8) is 0 Å². The summed E-state index contributed by atoms with van der Waals surface area (Å²) in [5.41, 5.74) is 0.411. The number of benzene rings is 1. The van der Waals surface area contributed by atoms with E-state index >= 15 is 0 Å². The summed E-state index contributed by atoms with van der Waals surface area (Å²) in [5.74, 6) is 0.731. The van der Waals surface area contributed by atoms with Gasteiger partial charge in [0, 0.05) is 50.0 Å². The van der Waals surface area contributed by atoms with Crippen molar-refractivity contribution in [1.29, 1.82) is 0 Å². The van der Waals surface area contributed by atoms with Gasteiger partial charge in [-0.3, -0.25) is 9.59 Å². The van der Waals surface area contributed by atoms with E-state index in [0.29, 0.717) is 22.9 Å². The Morgan fingerprint density at radius 1 is 1.29 bits per heavy atom.